The minimum absolute atomic E-state index is 0.0230. The molecule has 0 spiro atoms. The predicted octanol–water partition coefficient (Wildman–Crippen LogP) is 2.05. The van der Waals surface area contributed by atoms with Gasteiger partial charge < -0.3 is 5.11 Å². The first-order chi connectivity index (χ1) is 9.50. The van der Waals surface area contributed by atoms with E-state index in [1.165, 1.54) is 4.90 Å². The molecule has 5 heteroatoms. The highest BCUT2D eigenvalue weighted by molar-refractivity contribution is 6.05. The van der Waals surface area contributed by atoms with E-state index in [1.54, 1.807) is 0 Å². The smallest absolute Gasteiger partial charge is 0.303 e. The van der Waals surface area contributed by atoms with Crippen molar-refractivity contribution >= 4 is 17.8 Å². The van der Waals surface area contributed by atoms with Crippen molar-refractivity contribution in [3.05, 3.63) is 0 Å². The van der Waals surface area contributed by atoms with Gasteiger partial charge in [-0.2, -0.15) is 0 Å². The first kappa shape index (κ1) is 15.0. The average Bonchev–Trinajstić information content (AvgIpc) is 2.86. The molecule has 1 saturated carbocycles. The highest BCUT2D eigenvalue weighted by Gasteiger charge is 2.51. The van der Waals surface area contributed by atoms with E-state index in [-0.39, 0.29) is 30.1 Å². The van der Waals surface area contributed by atoms with Gasteiger partial charge in [-0.1, -0.05) is 19.8 Å². The molecule has 20 heavy (non-hydrogen) atoms. The number of imide groups is 1. The molecule has 2 fully saturated rings. The van der Waals surface area contributed by atoms with Crippen LogP contribution in [0.4, 0.5) is 0 Å². The van der Waals surface area contributed by atoms with Gasteiger partial charge >= 0.3 is 5.97 Å². The number of aliphatic carboxylic acids is 1. The van der Waals surface area contributed by atoms with Crippen molar-refractivity contribution in [3.63, 3.8) is 0 Å². The van der Waals surface area contributed by atoms with Gasteiger partial charge in [-0.25, -0.2) is 0 Å². The Bertz CT molecular complexity index is 383. The SMILES string of the molecule is CC1CC2C(=O)N(CCCCCCC(=O)O)C(=O)C2C1. The Kier molecular flexibility index (Phi) is 4.78. The molecule has 2 amide bonds. The molecule has 0 aromatic heterocycles. The topological polar surface area (TPSA) is 74.7 Å². The number of rotatable bonds is 7. The summed E-state index contributed by atoms with van der Waals surface area (Å²) in [6.07, 6.45) is 5.06. The third-order valence-electron chi connectivity index (χ3n) is 4.49. The quantitative estimate of drug-likeness (QED) is 0.572. The molecule has 112 valence electrons. The van der Waals surface area contributed by atoms with Crippen molar-refractivity contribution < 1.29 is 19.5 Å². The molecule has 0 aromatic rings. The Balaban J connectivity index is 1.71. The van der Waals surface area contributed by atoms with E-state index in [2.05, 4.69) is 6.92 Å². The number of carbonyl (C=O) groups is 3. The van der Waals surface area contributed by atoms with Crippen LogP contribution in [0.25, 0.3) is 0 Å². The molecule has 2 atom stereocenters. The van der Waals surface area contributed by atoms with Crippen LogP contribution in [0.2, 0.25) is 0 Å². The number of hydrogen-bond acceptors (Lipinski definition) is 3. The molecule has 2 aliphatic rings. The molecular weight excluding hydrogens is 258 g/mol. The number of carbonyl (C=O) groups excluding carboxylic acids is 2. The van der Waals surface area contributed by atoms with Crippen LogP contribution in [0, 0.1) is 17.8 Å². The molecule has 1 aliphatic carbocycles. The summed E-state index contributed by atoms with van der Waals surface area (Å²) in [5, 5.41) is 8.53. The van der Waals surface area contributed by atoms with E-state index >= 15 is 0 Å². The number of unbranched alkanes of at least 4 members (excludes halogenated alkanes) is 3. The Labute approximate surface area is 119 Å². The number of carboxylic acid groups (broad SMARTS) is 1. The summed E-state index contributed by atoms with van der Waals surface area (Å²) in [6, 6.07) is 0. The molecule has 1 heterocycles. The fourth-order valence-corrected chi connectivity index (χ4v) is 3.47. The lowest BCUT2D eigenvalue weighted by Crippen LogP contribution is -2.33. The van der Waals surface area contributed by atoms with Crippen molar-refractivity contribution in [1.29, 1.82) is 0 Å². The second-order valence-electron chi connectivity index (χ2n) is 6.18. The van der Waals surface area contributed by atoms with Crippen LogP contribution in [0.15, 0.2) is 0 Å². The maximum atomic E-state index is 12.2. The second kappa shape index (κ2) is 6.37. The van der Waals surface area contributed by atoms with Crippen LogP contribution in [-0.2, 0) is 14.4 Å². The highest BCUT2D eigenvalue weighted by atomic mass is 16.4. The van der Waals surface area contributed by atoms with E-state index in [4.69, 9.17) is 5.11 Å². The third kappa shape index (κ3) is 3.19. The largest absolute Gasteiger partial charge is 0.481 e. The van der Waals surface area contributed by atoms with Gasteiger partial charge in [0.15, 0.2) is 0 Å². The molecule has 1 N–H and O–H groups in total. The molecule has 2 rings (SSSR count). The lowest BCUT2D eigenvalue weighted by Gasteiger charge is -2.16. The lowest BCUT2D eigenvalue weighted by atomic mass is 10.00. The number of nitrogens with zero attached hydrogens (tertiary/aromatic N) is 1. The van der Waals surface area contributed by atoms with E-state index in [9.17, 15) is 14.4 Å². The molecule has 0 bridgehead atoms. The Morgan fingerprint density at radius 1 is 1.10 bits per heavy atom. The van der Waals surface area contributed by atoms with E-state index in [0.717, 1.165) is 32.1 Å². The van der Waals surface area contributed by atoms with Crippen LogP contribution in [0.5, 0.6) is 0 Å². The zero-order valence-corrected chi connectivity index (χ0v) is 12.0. The van der Waals surface area contributed by atoms with Gasteiger partial charge in [0.2, 0.25) is 11.8 Å². The van der Waals surface area contributed by atoms with Gasteiger partial charge in [-0.05, 0) is 31.6 Å². The number of fused-ring (bicyclic) bond motifs is 1. The number of hydrogen-bond donors (Lipinski definition) is 1. The number of amides is 2. The van der Waals surface area contributed by atoms with Gasteiger partial charge in [-0.15, -0.1) is 0 Å². The fourth-order valence-electron chi connectivity index (χ4n) is 3.47. The zero-order chi connectivity index (χ0) is 14.7. The normalized spacial score (nSPS) is 29.1. The fraction of sp³-hybridized carbons (Fsp3) is 0.800. The maximum Gasteiger partial charge on any atom is 0.303 e. The van der Waals surface area contributed by atoms with E-state index in [1.807, 2.05) is 0 Å². The van der Waals surface area contributed by atoms with Crippen molar-refractivity contribution in [3.8, 4) is 0 Å². The molecule has 1 aliphatic heterocycles. The number of carboxylic acids is 1. The highest BCUT2D eigenvalue weighted by Crippen LogP contribution is 2.42. The van der Waals surface area contributed by atoms with Crippen LogP contribution in [-0.4, -0.2) is 34.3 Å². The van der Waals surface area contributed by atoms with Crippen molar-refractivity contribution in [1.82, 2.24) is 4.90 Å². The summed E-state index contributed by atoms with van der Waals surface area (Å²) < 4.78 is 0. The molecule has 2 unspecified atom stereocenters. The summed E-state index contributed by atoms with van der Waals surface area (Å²) in [5.74, 6) is -0.369. The summed E-state index contributed by atoms with van der Waals surface area (Å²) in [5.41, 5.74) is 0. The van der Waals surface area contributed by atoms with Crippen LogP contribution in [0.1, 0.15) is 51.9 Å². The Morgan fingerprint density at radius 3 is 2.20 bits per heavy atom. The molecular formula is C15H23NO4. The first-order valence-electron chi connectivity index (χ1n) is 7.57. The van der Waals surface area contributed by atoms with Gasteiger partial charge in [0.05, 0.1) is 11.8 Å². The minimum atomic E-state index is -0.767. The van der Waals surface area contributed by atoms with Gasteiger partial charge in [0.25, 0.3) is 0 Å². The van der Waals surface area contributed by atoms with Gasteiger partial charge in [0.1, 0.15) is 0 Å². The van der Waals surface area contributed by atoms with E-state index in [0.29, 0.717) is 18.9 Å². The minimum Gasteiger partial charge on any atom is -0.481 e. The molecule has 0 aromatic carbocycles. The molecule has 1 saturated heterocycles. The maximum absolute atomic E-state index is 12.2. The van der Waals surface area contributed by atoms with Crippen molar-refractivity contribution in [2.24, 2.45) is 17.8 Å². The van der Waals surface area contributed by atoms with Gasteiger partial charge in [0, 0.05) is 13.0 Å². The van der Waals surface area contributed by atoms with Gasteiger partial charge in [-0.3, -0.25) is 19.3 Å². The standard InChI is InChI=1S/C15H23NO4/c1-10-8-11-12(9-10)15(20)16(14(11)19)7-5-3-2-4-6-13(17)18/h10-12H,2-9H2,1H3,(H,17,18). The number of likely N-dealkylation sites (tertiary alicyclic amines) is 1. The lowest BCUT2D eigenvalue weighted by molar-refractivity contribution is -0.140. The van der Waals surface area contributed by atoms with Crippen LogP contribution >= 0.6 is 0 Å². The third-order valence-corrected chi connectivity index (χ3v) is 4.49. The van der Waals surface area contributed by atoms with E-state index < -0.39 is 5.97 Å². The van der Waals surface area contributed by atoms with Crippen molar-refractivity contribution in [2.45, 2.75) is 51.9 Å². The first-order valence-corrected chi connectivity index (χ1v) is 7.57. The zero-order valence-electron chi connectivity index (χ0n) is 12.0. The van der Waals surface area contributed by atoms with Crippen LogP contribution < -0.4 is 0 Å². The average molecular weight is 281 g/mol. The predicted molar refractivity (Wildman–Crippen MR) is 72.8 cm³/mol. The summed E-state index contributed by atoms with van der Waals surface area (Å²) in [6.45, 7) is 2.61. The van der Waals surface area contributed by atoms with Crippen molar-refractivity contribution in [2.75, 3.05) is 6.54 Å². The Morgan fingerprint density at radius 2 is 1.65 bits per heavy atom. The summed E-state index contributed by atoms with van der Waals surface area (Å²) in [7, 11) is 0. The summed E-state index contributed by atoms with van der Waals surface area (Å²) >= 11 is 0. The Hall–Kier alpha value is -1.39. The summed E-state index contributed by atoms with van der Waals surface area (Å²) in [4.78, 5) is 36.2. The molecule has 5 nitrogen and oxygen atoms in total. The monoisotopic (exact) mass is 281 g/mol. The van der Waals surface area contributed by atoms with Crippen LogP contribution in [0.3, 0.4) is 0 Å². The second-order valence-corrected chi connectivity index (χ2v) is 6.18. The molecule has 0 radical (unpaired) electrons.